The SMILES string of the molecule is c1ccc(-n2c3ccc(-c4c5ccccc5c(-c5ccc6ccccc6c5)c5ccccc45)cc3c3cccnc32)nc1. The van der Waals surface area contributed by atoms with Gasteiger partial charge in [0.15, 0.2) is 0 Å². The Labute approximate surface area is 248 Å². The van der Waals surface area contributed by atoms with Crippen molar-refractivity contribution in [1.82, 2.24) is 14.5 Å². The van der Waals surface area contributed by atoms with Gasteiger partial charge in [0.1, 0.15) is 11.5 Å². The van der Waals surface area contributed by atoms with E-state index in [9.17, 15) is 0 Å². The Balaban J connectivity index is 1.36. The van der Waals surface area contributed by atoms with Gasteiger partial charge in [-0.1, -0.05) is 97.1 Å². The highest BCUT2D eigenvalue weighted by atomic mass is 15.1. The van der Waals surface area contributed by atoms with Crippen LogP contribution in [0.25, 0.3) is 82.3 Å². The van der Waals surface area contributed by atoms with Crippen molar-refractivity contribution in [2.24, 2.45) is 0 Å². The molecule has 0 aliphatic heterocycles. The largest absolute Gasteiger partial charge is 0.278 e. The van der Waals surface area contributed by atoms with Crippen LogP contribution in [0.2, 0.25) is 0 Å². The van der Waals surface area contributed by atoms with E-state index in [1.54, 1.807) is 0 Å². The van der Waals surface area contributed by atoms with Crippen LogP contribution < -0.4 is 0 Å². The van der Waals surface area contributed by atoms with Gasteiger partial charge in [0.05, 0.1) is 5.52 Å². The molecule has 0 unspecified atom stereocenters. The van der Waals surface area contributed by atoms with Gasteiger partial charge in [-0.3, -0.25) is 4.57 Å². The summed E-state index contributed by atoms with van der Waals surface area (Å²) >= 11 is 0. The molecule has 0 atom stereocenters. The van der Waals surface area contributed by atoms with E-state index in [0.29, 0.717) is 0 Å². The quantitative estimate of drug-likeness (QED) is 0.206. The predicted octanol–water partition coefficient (Wildman–Crippen LogP) is 10.4. The summed E-state index contributed by atoms with van der Waals surface area (Å²) in [5, 5.41) is 9.79. The Kier molecular flexibility index (Phi) is 5.20. The van der Waals surface area contributed by atoms with E-state index >= 15 is 0 Å². The van der Waals surface area contributed by atoms with Crippen LogP contribution in [-0.2, 0) is 0 Å². The van der Waals surface area contributed by atoms with Gasteiger partial charge in [-0.25, -0.2) is 9.97 Å². The van der Waals surface area contributed by atoms with Gasteiger partial charge < -0.3 is 0 Å². The van der Waals surface area contributed by atoms with Crippen LogP contribution in [0.3, 0.4) is 0 Å². The number of rotatable bonds is 3. The Morgan fingerprint density at radius 3 is 1.67 bits per heavy atom. The van der Waals surface area contributed by atoms with E-state index in [0.717, 1.165) is 27.8 Å². The second-order valence-electron chi connectivity index (χ2n) is 11.0. The zero-order valence-electron chi connectivity index (χ0n) is 23.3. The molecular weight excluding hydrogens is 522 g/mol. The summed E-state index contributed by atoms with van der Waals surface area (Å²) in [4.78, 5) is 9.45. The molecule has 0 aliphatic rings. The number of benzene rings is 6. The van der Waals surface area contributed by atoms with Crippen LogP contribution in [0.1, 0.15) is 0 Å². The van der Waals surface area contributed by atoms with Gasteiger partial charge in [-0.2, -0.15) is 0 Å². The van der Waals surface area contributed by atoms with Gasteiger partial charge >= 0.3 is 0 Å². The van der Waals surface area contributed by atoms with Crippen LogP contribution in [-0.4, -0.2) is 14.5 Å². The number of fused-ring (bicyclic) bond motifs is 6. The molecule has 43 heavy (non-hydrogen) atoms. The molecule has 3 heteroatoms. The highest BCUT2D eigenvalue weighted by Gasteiger charge is 2.19. The lowest BCUT2D eigenvalue weighted by Gasteiger charge is -2.18. The van der Waals surface area contributed by atoms with Crippen molar-refractivity contribution in [3.63, 3.8) is 0 Å². The highest BCUT2D eigenvalue weighted by Crippen LogP contribution is 2.45. The summed E-state index contributed by atoms with van der Waals surface area (Å²) in [5.74, 6) is 0.865. The molecule has 0 fully saturated rings. The average Bonchev–Trinajstić information content (AvgIpc) is 3.41. The van der Waals surface area contributed by atoms with Crippen molar-refractivity contribution in [2.75, 3.05) is 0 Å². The van der Waals surface area contributed by atoms with Crippen LogP contribution >= 0.6 is 0 Å². The van der Waals surface area contributed by atoms with Gasteiger partial charge in [-0.15, -0.1) is 0 Å². The number of hydrogen-bond donors (Lipinski definition) is 0. The first-order valence-electron chi connectivity index (χ1n) is 14.6. The van der Waals surface area contributed by atoms with Crippen LogP contribution in [0.15, 0.2) is 152 Å². The smallest absolute Gasteiger partial charge is 0.146 e. The maximum atomic E-state index is 4.79. The third kappa shape index (κ3) is 3.62. The monoisotopic (exact) mass is 547 g/mol. The molecule has 9 aromatic rings. The van der Waals surface area contributed by atoms with E-state index in [-0.39, 0.29) is 0 Å². The minimum Gasteiger partial charge on any atom is -0.278 e. The molecule has 9 rings (SSSR count). The Morgan fingerprint density at radius 2 is 0.977 bits per heavy atom. The molecule has 0 saturated carbocycles. The van der Waals surface area contributed by atoms with Crippen molar-refractivity contribution in [3.05, 3.63) is 152 Å². The molecule has 0 aliphatic carbocycles. The van der Waals surface area contributed by atoms with Crippen LogP contribution in [0.5, 0.6) is 0 Å². The lowest BCUT2D eigenvalue weighted by molar-refractivity contribution is 1.06. The summed E-state index contributed by atoms with van der Waals surface area (Å²) in [5.41, 5.74) is 6.96. The number of hydrogen-bond acceptors (Lipinski definition) is 2. The minimum absolute atomic E-state index is 0.865. The van der Waals surface area contributed by atoms with Crippen molar-refractivity contribution in [2.45, 2.75) is 0 Å². The molecule has 0 bridgehead atoms. The molecule has 6 aromatic carbocycles. The fourth-order valence-corrected chi connectivity index (χ4v) is 6.81. The summed E-state index contributed by atoms with van der Waals surface area (Å²) in [6, 6.07) is 50.1. The summed E-state index contributed by atoms with van der Waals surface area (Å²) in [7, 11) is 0. The van der Waals surface area contributed by atoms with Crippen molar-refractivity contribution in [1.29, 1.82) is 0 Å². The van der Waals surface area contributed by atoms with Crippen LogP contribution in [0, 0.1) is 0 Å². The van der Waals surface area contributed by atoms with Gasteiger partial charge in [-0.05, 0) is 97.0 Å². The molecule has 0 radical (unpaired) electrons. The lowest BCUT2D eigenvalue weighted by Crippen LogP contribution is -1.97. The minimum atomic E-state index is 0.865. The maximum Gasteiger partial charge on any atom is 0.146 e. The first kappa shape index (κ1) is 23.9. The second-order valence-corrected chi connectivity index (χ2v) is 11.0. The topological polar surface area (TPSA) is 30.7 Å². The van der Waals surface area contributed by atoms with Crippen molar-refractivity contribution >= 4 is 54.3 Å². The molecule has 0 spiro atoms. The number of aromatic nitrogens is 3. The van der Waals surface area contributed by atoms with E-state index in [4.69, 9.17) is 4.98 Å². The third-order valence-corrected chi connectivity index (χ3v) is 8.66. The van der Waals surface area contributed by atoms with Crippen molar-refractivity contribution in [3.8, 4) is 28.1 Å². The van der Waals surface area contributed by atoms with Gasteiger partial charge in [0.25, 0.3) is 0 Å². The Bertz CT molecular complexity index is 2450. The van der Waals surface area contributed by atoms with E-state index in [2.05, 4.69) is 125 Å². The predicted molar refractivity (Wildman–Crippen MR) is 180 cm³/mol. The number of pyridine rings is 2. The van der Waals surface area contributed by atoms with Gasteiger partial charge in [0, 0.05) is 23.2 Å². The maximum absolute atomic E-state index is 4.79. The summed E-state index contributed by atoms with van der Waals surface area (Å²) in [6.45, 7) is 0. The van der Waals surface area contributed by atoms with E-state index in [1.807, 2.05) is 36.7 Å². The molecular formula is C40H25N3. The average molecular weight is 548 g/mol. The number of nitrogens with zero attached hydrogens (tertiary/aromatic N) is 3. The Hall–Kier alpha value is -5.80. The zero-order valence-corrected chi connectivity index (χ0v) is 23.3. The molecule has 3 heterocycles. The first-order valence-corrected chi connectivity index (χ1v) is 14.6. The first-order chi connectivity index (χ1) is 21.3. The molecule has 0 amide bonds. The molecule has 0 N–H and O–H groups in total. The fourth-order valence-electron chi connectivity index (χ4n) is 6.81. The summed E-state index contributed by atoms with van der Waals surface area (Å²) < 4.78 is 2.16. The fraction of sp³-hybridized carbons (Fsp3) is 0. The van der Waals surface area contributed by atoms with E-state index in [1.165, 1.54) is 54.6 Å². The molecule has 200 valence electrons. The molecule has 3 aromatic heterocycles. The summed E-state index contributed by atoms with van der Waals surface area (Å²) in [6.07, 6.45) is 3.69. The van der Waals surface area contributed by atoms with Crippen molar-refractivity contribution < 1.29 is 0 Å². The van der Waals surface area contributed by atoms with Gasteiger partial charge in [0.2, 0.25) is 0 Å². The lowest BCUT2D eigenvalue weighted by atomic mass is 9.85. The molecule has 0 saturated heterocycles. The molecule has 3 nitrogen and oxygen atoms in total. The second kappa shape index (κ2) is 9.37. The highest BCUT2D eigenvalue weighted by molar-refractivity contribution is 6.22. The third-order valence-electron chi connectivity index (χ3n) is 8.66. The standard InChI is InChI=1S/C40H25N3/c1-2-11-27-24-28(19-18-26(27)10-1)38-30-12-3-5-14-32(30)39(33-15-6-4-13-31(33)38)29-20-21-36-35(25-29)34-16-9-23-42-40(34)43(36)37-17-7-8-22-41-37/h1-25H. The Morgan fingerprint density at radius 1 is 0.395 bits per heavy atom. The van der Waals surface area contributed by atoms with Crippen LogP contribution in [0.4, 0.5) is 0 Å². The zero-order chi connectivity index (χ0) is 28.3. The van der Waals surface area contributed by atoms with E-state index < -0.39 is 0 Å². The normalized spacial score (nSPS) is 11.7.